The Kier molecular flexibility index (Phi) is 3.25. The molecular formula is C7H6F2O. The van der Waals surface area contributed by atoms with Crippen molar-refractivity contribution in [2.75, 3.05) is 0 Å². The van der Waals surface area contributed by atoms with Gasteiger partial charge in [-0.05, 0) is 0 Å². The summed E-state index contributed by atoms with van der Waals surface area (Å²) in [5, 5.41) is 0. The lowest BCUT2D eigenvalue weighted by atomic mass is 10.2. The second kappa shape index (κ2) is 3.71. The Balaban J connectivity index is 4.76. The molecule has 0 saturated heterocycles. The van der Waals surface area contributed by atoms with Crippen molar-refractivity contribution < 1.29 is 13.6 Å². The van der Waals surface area contributed by atoms with Gasteiger partial charge in [0.15, 0.2) is 17.9 Å². The van der Waals surface area contributed by atoms with Crippen LogP contribution in [0.15, 0.2) is 36.5 Å². The van der Waals surface area contributed by atoms with Gasteiger partial charge < -0.3 is 0 Å². The molecule has 54 valence electrons. The highest BCUT2D eigenvalue weighted by atomic mass is 19.2. The van der Waals surface area contributed by atoms with Crippen molar-refractivity contribution in [2.24, 2.45) is 0 Å². The zero-order valence-electron chi connectivity index (χ0n) is 5.23. The molecule has 0 saturated carbocycles. The molecule has 0 unspecified atom stereocenters. The molecule has 3 heteroatoms. The van der Waals surface area contributed by atoms with Gasteiger partial charge in [0.1, 0.15) is 0 Å². The molecule has 0 aliphatic rings. The number of hydrogen-bond acceptors (Lipinski definition) is 1. The predicted molar refractivity (Wildman–Crippen MR) is 34.6 cm³/mol. The van der Waals surface area contributed by atoms with Gasteiger partial charge in [-0.3, -0.25) is 4.79 Å². The average molecular weight is 144 g/mol. The molecule has 0 spiro atoms. The van der Waals surface area contributed by atoms with Crippen LogP contribution in [0.4, 0.5) is 8.78 Å². The average Bonchev–Trinajstić information content (AvgIpc) is 1.90. The van der Waals surface area contributed by atoms with Crippen molar-refractivity contribution in [3.63, 3.8) is 0 Å². The van der Waals surface area contributed by atoms with Crippen LogP contribution in [0.25, 0.3) is 0 Å². The van der Waals surface area contributed by atoms with E-state index in [2.05, 4.69) is 13.2 Å². The van der Waals surface area contributed by atoms with Crippen LogP contribution >= 0.6 is 0 Å². The third kappa shape index (κ3) is 1.93. The third-order valence-corrected chi connectivity index (χ3v) is 0.838. The van der Waals surface area contributed by atoms with E-state index >= 15 is 0 Å². The molecule has 0 bridgehead atoms. The van der Waals surface area contributed by atoms with Gasteiger partial charge in [-0.15, -0.1) is 0 Å². The van der Waals surface area contributed by atoms with E-state index in [0.29, 0.717) is 0 Å². The van der Waals surface area contributed by atoms with Crippen molar-refractivity contribution in [1.29, 1.82) is 0 Å². The molecule has 0 amide bonds. The second-order valence-corrected chi connectivity index (χ2v) is 1.50. The number of aldehydes is 1. The minimum Gasteiger partial charge on any atom is -0.298 e. The number of carbonyl (C=O) groups is 1. The molecule has 0 rings (SSSR count). The maximum Gasteiger partial charge on any atom is 0.168 e. The van der Waals surface area contributed by atoms with E-state index in [-0.39, 0.29) is 6.29 Å². The van der Waals surface area contributed by atoms with Gasteiger partial charge in [0, 0.05) is 0 Å². The van der Waals surface area contributed by atoms with Crippen LogP contribution in [0.5, 0.6) is 0 Å². The van der Waals surface area contributed by atoms with Crippen molar-refractivity contribution in [3.8, 4) is 0 Å². The molecule has 10 heavy (non-hydrogen) atoms. The van der Waals surface area contributed by atoms with Gasteiger partial charge in [-0.25, -0.2) is 8.78 Å². The van der Waals surface area contributed by atoms with E-state index in [0.717, 1.165) is 6.08 Å². The largest absolute Gasteiger partial charge is 0.298 e. The van der Waals surface area contributed by atoms with Crippen LogP contribution in [-0.2, 0) is 4.79 Å². The maximum atomic E-state index is 12.3. The maximum absolute atomic E-state index is 12.3. The highest BCUT2D eigenvalue weighted by molar-refractivity contribution is 5.78. The number of hydrogen-bond donors (Lipinski definition) is 0. The lowest BCUT2D eigenvalue weighted by Crippen LogP contribution is -1.84. The fourth-order valence-corrected chi connectivity index (χ4v) is 0.346. The minimum absolute atomic E-state index is 0.174. The fourth-order valence-electron chi connectivity index (χ4n) is 0.346. The first-order chi connectivity index (χ1) is 4.63. The van der Waals surface area contributed by atoms with E-state index in [1.165, 1.54) is 0 Å². The Morgan fingerprint density at radius 1 is 1.40 bits per heavy atom. The van der Waals surface area contributed by atoms with Crippen LogP contribution in [0, 0.1) is 0 Å². The monoisotopic (exact) mass is 144 g/mol. The molecule has 0 N–H and O–H groups in total. The Hall–Kier alpha value is -1.25. The standard InChI is InChI=1S/C7H6F2O/c1-3-6(4-10)7(9)5(2)8/h3-4H,1-2H2/b7-6-. The first-order valence-corrected chi connectivity index (χ1v) is 2.45. The molecule has 0 atom stereocenters. The molecule has 0 fully saturated rings. The lowest BCUT2D eigenvalue weighted by Gasteiger charge is -1.91. The van der Waals surface area contributed by atoms with Crippen molar-refractivity contribution in [1.82, 2.24) is 0 Å². The highest BCUT2D eigenvalue weighted by Crippen LogP contribution is 2.14. The van der Waals surface area contributed by atoms with E-state index in [4.69, 9.17) is 0 Å². The first-order valence-electron chi connectivity index (χ1n) is 2.45. The van der Waals surface area contributed by atoms with E-state index < -0.39 is 17.2 Å². The number of halogens is 2. The summed E-state index contributed by atoms with van der Waals surface area (Å²) in [5.41, 5.74) is -0.424. The predicted octanol–water partition coefficient (Wildman–Crippen LogP) is 2.08. The molecule has 0 aliphatic heterocycles. The number of rotatable bonds is 3. The van der Waals surface area contributed by atoms with E-state index in [1.54, 1.807) is 0 Å². The molecule has 0 heterocycles. The van der Waals surface area contributed by atoms with Crippen molar-refractivity contribution >= 4 is 6.29 Å². The van der Waals surface area contributed by atoms with Crippen LogP contribution in [0.1, 0.15) is 0 Å². The molecule has 0 aromatic rings. The molecule has 0 aromatic carbocycles. The summed E-state index contributed by atoms with van der Waals surface area (Å²) >= 11 is 0. The van der Waals surface area contributed by atoms with Crippen LogP contribution < -0.4 is 0 Å². The quantitative estimate of drug-likeness (QED) is 0.336. The van der Waals surface area contributed by atoms with Gasteiger partial charge in [-0.1, -0.05) is 19.2 Å². The van der Waals surface area contributed by atoms with Crippen LogP contribution in [0.2, 0.25) is 0 Å². The van der Waals surface area contributed by atoms with Crippen molar-refractivity contribution in [2.45, 2.75) is 0 Å². The summed E-state index contributed by atoms with van der Waals surface area (Å²) in [5.74, 6) is -2.52. The number of allylic oxidation sites excluding steroid dienone is 4. The first kappa shape index (κ1) is 8.75. The Labute approximate surface area is 57.4 Å². The Bertz CT molecular complexity index is 194. The third-order valence-electron chi connectivity index (χ3n) is 0.838. The summed E-state index contributed by atoms with van der Waals surface area (Å²) in [7, 11) is 0. The zero-order valence-corrected chi connectivity index (χ0v) is 5.23. The number of carbonyl (C=O) groups excluding carboxylic acids is 1. The summed E-state index contributed by atoms with van der Waals surface area (Å²) in [6.45, 7) is 5.76. The van der Waals surface area contributed by atoms with E-state index in [9.17, 15) is 13.6 Å². The summed E-state index contributed by atoms with van der Waals surface area (Å²) in [4.78, 5) is 9.91. The highest BCUT2D eigenvalue weighted by Gasteiger charge is 2.04. The molecule has 1 nitrogen and oxygen atoms in total. The second-order valence-electron chi connectivity index (χ2n) is 1.50. The Morgan fingerprint density at radius 3 is 2.00 bits per heavy atom. The fraction of sp³-hybridized carbons (Fsp3) is 0. The summed E-state index contributed by atoms with van der Waals surface area (Å²) in [6, 6.07) is 0. The van der Waals surface area contributed by atoms with Crippen LogP contribution in [0.3, 0.4) is 0 Å². The Morgan fingerprint density at radius 2 is 1.90 bits per heavy atom. The van der Waals surface area contributed by atoms with E-state index in [1.807, 2.05) is 0 Å². The zero-order chi connectivity index (χ0) is 8.15. The molecule has 0 aliphatic carbocycles. The van der Waals surface area contributed by atoms with Gasteiger partial charge in [0.25, 0.3) is 0 Å². The summed E-state index contributed by atoms with van der Waals surface area (Å²) in [6.07, 6.45) is 1.10. The van der Waals surface area contributed by atoms with Gasteiger partial charge >= 0.3 is 0 Å². The molecule has 0 aromatic heterocycles. The SMILES string of the molecule is C=C/C(C=O)=C(/F)C(=C)F. The molecular weight excluding hydrogens is 138 g/mol. The molecule has 0 radical (unpaired) electrons. The van der Waals surface area contributed by atoms with Gasteiger partial charge in [0.05, 0.1) is 5.57 Å². The summed E-state index contributed by atoms with van der Waals surface area (Å²) < 4.78 is 24.2. The minimum atomic E-state index is -1.26. The normalized spacial score (nSPS) is 11.8. The lowest BCUT2D eigenvalue weighted by molar-refractivity contribution is -0.104. The smallest absolute Gasteiger partial charge is 0.168 e. The topological polar surface area (TPSA) is 17.1 Å². The van der Waals surface area contributed by atoms with Gasteiger partial charge in [-0.2, -0.15) is 0 Å². The van der Waals surface area contributed by atoms with Crippen LogP contribution in [-0.4, -0.2) is 6.29 Å². The van der Waals surface area contributed by atoms with Gasteiger partial charge in [0.2, 0.25) is 0 Å². The van der Waals surface area contributed by atoms with Crippen molar-refractivity contribution in [3.05, 3.63) is 36.5 Å².